The number of esters is 1. The van der Waals surface area contributed by atoms with Crippen molar-refractivity contribution >= 4 is 35.6 Å². The fraction of sp³-hybridized carbons (Fsp3) is 0.214. The first kappa shape index (κ1) is 17.6. The zero-order chi connectivity index (χ0) is 16.7. The van der Waals surface area contributed by atoms with Crippen molar-refractivity contribution in [2.75, 3.05) is 7.05 Å². The normalized spacial score (nSPS) is 11.8. The molecule has 3 amide bonds. The van der Waals surface area contributed by atoms with Crippen molar-refractivity contribution in [3.8, 4) is 0 Å². The molecule has 0 saturated carbocycles. The van der Waals surface area contributed by atoms with Gasteiger partial charge in [-0.1, -0.05) is 17.7 Å². The smallest absolute Gasteiger partial charge is 0.331 e. The van der Waals surface area contributed by atoms with Crippen molar-refractivity contribution in [1.29, 1.82) is 0 Å². The Balaban J connectivity index is 2.64. The van der Waals surface area contributed by atoms with Crippen molar-refractivity contribution in [3.05, 3.63) is 40.7 Å². The summed E-state index contributed by atoms with van der Waals surface area (Å²) >= 11 is 5.79. The molecule has 0 fully saturated rings. The molecule has 0 bridgehead atoms. The third kappa shape index (κ3) is 5.17. The van der Waals surface area contributed by atoms with Crippen LogP contribution in [0.15, 0.2) is 24.3 Å². The SMILES string of the molecule is CNC(=O)NC(=O)[C@@H](C)OC(=O)/C=C/c1c(F)cccc1Cl. The zero-order valence-electron chi connectivity index (χ0n) is 11.9. The predicted molar refractivity (Wildman–Crippen MR) is 78.6 cm³/mol. The lowest BCUT2D eigenvalue weighted by Gasteiger charge is -2.11. The summed E-state index contributed by atoms with van der Waals surface area (Å²) in [5.41, 5.74) is 0.0311. The van der Waals surface area contributed by atoms with Crippen LogP contribution in [0.1, 0.15) is 12.5 Å². The highest BCUT2D eigenvalue weighted by atomic mass is 35.5. The minimum Gasteiger partial charge on any atom is -0.449 e. The molecule has 2 N–H and O–H groups in total. The molecule has 1 rings (SSSR count). The lowest BCUT2D eigenvalue weighted by molar-refractivity contribution is -0.149. The van der Waals surface area contributed by atoms with E-state index < -0.39 is 29.8 Å². The van der Waals surface area contributed by atoms with Crippen LogP contribution < -0.4 is 10.6 Å². The number of benzene rings is 1. The summed E-state index contributed by atoms with van der Waals surface area (Å²) in [7, 11) is 1.33. The molecule has 1 aromatic rings. The predicted octanol–water partition coefficient (Wildman–Crippen LogP) is 1.88. The summed E-state index contributed by atoms with van der Waals surface area (Å²) < 4.78 is 18.3. The molecule has 0 aromatic heterocycles. The summed E-state index contributed by atoms with van der Waals surface area (Å²) in [5.74, 6) is -2.26. The Hall–Kier alpha value is -2.41. The quantitative estimate of drug-likeness (QED) is 0.653. The number of halogens is 2. The second kappa shape index (κ2) is 8.14. The van der Waals surface area contributed by atoms with Gasteiger partial charge in [0.25, 0.3) is 5.91 Å². The van der Waals surface area contributed by atoms with E-state index in [-0.39, 0.29) is 10.6 Å². The van der Waals surface area contributed by atoms with Gasteiger partial charge < -0.3 is 10.1 Å². The van der Waals surface area contributed by atoms with Gasteiger partial charge in [0, 0.05) is 18.7 Å². The zero-order valence-corrected chi connectivity index (χ0v) is 12.6. The average molecular weight is 329 g/mol. The molecule has 0 radical (unpaired) electrons. The van der Waals surface area contributed by atoms with Gasteiger partial charge in [0.1, 0.15) is 5.82 Å². The number of imide groups is 1. The fourth-order valence-corrected chi connectivity index (χ4v) is 1.59. The van der Waals surface area contributed by atoms with Crippen LogP contribution in [0, 0.1) is 5.82 Å². The van der Waals surface area contributed by atoms with E-state index in [2.05, 4.69) is 5.32 Å². The van der Waals surface area contributed by atoms with Crippen molar-refractivity contribution < 1.29 is 23.5 Å². The second-order valence-electron chi connectivity index (χ2n) is 4.12. The Morgan fingerprint density at radius 1 is 1.36 bits per heavy atom. The van der Waals surface area contributed by atoms with Gasteiger partial charge in [0.15, 0.2) is 6.10 Å². The minimum absolute atomic E-state index is 0.0311. The molecule has 0 spiro atoms. The molecule has 0 aliphatic carbocycles. The summed E-state index contributed by atoms with van der Waals surface area (Å²) in [6.45, 7) is 1.29. The molecule has 1 atom stereocenters. The van der Waals surface area contributed by atoms with Gasteiger partial charge in [-0.15, -0.1) is 0 Å². The molecule has 1 aromatic carbocycles. The van der Waals surface area contributed by atoms with Crippen LogP contribution in [0.2, 0.25) is 5.02 Å². The lowest BCUT2D eigenvalue weighted by Crippen LogP contribution is -2.43. The number of rotatable bonds is 4. The van der Waals surface area contributed by atoms with Crippen molar-refractivity contribution in [3.63, 3.8) is 0 Å². The number of nitrogens with one attached hydrogen (secondary N) is 2. The first-order valence-corrected chi connectivity index (χ1v) is 6.58. The molecule has 0 aliphatic heterocycles. The number of amides is 3. The molecule has 0 saturated heterocycles. The highest BCUT2D eigenvalue weighted by Crippen LogP contribution is 2.20. The van der Waals surface area contributed by atoms with Crippen LogP contribution in [0.3, 0.4) is 0 Å². The first-order chi connectivity index (χ1) is 10.3. The van der Waals surface area contributed by atoms with Gasteiger partial charge >= 0.3 is 12.0 Å². The van der Waals surface area contributed by atoms with Gasteiger partial charge in [-0.25, -0.2) is 14.0 Å². The molecule has 118 valence electrons. The maximum absolute atomic E-state index is 13.5. The molecule has 8 heteroatoms. The fourth-order valence-electron chi connectivity index (χ4n) is 1.36. The van der Waals surface area contributed by atoms with E-state index in [4.69, 9.17) is 16.3 Å². The number of hydrogen-bond acceptors (Lipinski definition) is 4. The van der Waals surface area contributed by atoms with E-state index >= 15 is 0 Å². The van der Waals surface area contributed by atoms with Crippen molar-refractivity contribution in [1.82, 2.24) is 10.6 Å². The molecular weight excluding hydrogens is 315 g/mol. The molecule has 0 aliphatic rings. The number of carbonyl (C=O) groups is 3. The summed E-state index contributed by atoms with van der Waals surface area (Å²) in [5, 5.41) is 4.27. The van der Waals surface area contributed by atoms with Gasteiger partial charge in [0.05, 0.1) is 5.02 Å². The summed E-state index contributed by atoms with van der Waals surface area (Å²) in [4.78, 5) is 34.0. The van der Waals surface area contributed by atoms with Crippen LogP contribution in [-0.2, 0) is 14.3 Å². The second-order valence-corrected chi connectivity index (χ2v) is 4.52. The van der Waals surface area contributed by atoms with Crippen LogP contribution in [0.25, 0.3) is 6.08 Å². The Morgan fingerprint density at radius 3 is 2.64 bits per heavy atom. The highest BCUT2D eigenvalue weighted by Gasteiger charge is 2.18. The van der Waals surface area contributed by atoms with E-state index in [9.17, 15) is 18.8 Å². The van der Waals surface area contributed by atoms with E-state index in [0.29, 0.717) is 0 Å². The monoisotopic (exact) mass is 328 g/mol. The van der Waals surface area contributed by atoms with E-state index in [1.54, 1.807) is 0 Å². The molecule has 0 unspecified atom stereocenters. The summed E-state index contributed by atoms with van der Waals surface area (Å²) in [6.07, 6.45) is 0.891. The Labute approximate surface area is 131 Å². The lowest BCUT2D eigenvalue weighted by atomic mass is 10.2. The molecular formula is C14H14ClFN2O4. The Morgan fingerprint density at radius 2 is 2.05 bits per heavy atom. The topological polar surface area (TPSA) is 84.5 Å². The highest BCUT2D eigenvalue weighted by molar-refractivity contribution is 6.32. The standard InChI is InChI=1S/C14H14ClFN2O4/c1-8(13(20)18-14(21)17-2)22-12(19)7-6-9-10(15)4-3-5-11(9)16/h3-8H,1-2H3,(H2,17,18,20,21)/b7-6+/t8-/m1/s1. The van der Waals surface area contributed by atoms with E-state index in [1.165, 1.54) is 32.2 Å². The third-order valence-corrected chi connectivity index (χ3v) is 2.84. The Kier molecular flexibility index (Phi) is 6.52. The van der Waals surface area contributed by atoms with Gasteiger partial charge in [-0.3, -0.25) is 10.1 Å². The van der Waals surface area contributed by atoms with Crippen LogP contribution >= 0.6 is 11.6 Å². The van der Waals surface area contributed by atoms with Gasteiger partial charge in [0.2, 0.25) is 0 Å². The average Bonchev–Trinajstić information content (AvgIpc) is 2.46. The van der Waals surface area contributed by atoms with Crippen LogP contribution in [0.4, 0.5) is 9.18 Å². The van der Waals surface area contributed by atoms with Gasteiger partial charge in [-0.2, -0.15) is 0 Å². The maximum Gasteiger partial charge on any atom is 0.331 e. The van der Waals surface area contributed by atoms with Crippen LogP contribution in [-0.4, -0.2) is 31.1 Å². The third-order valence-electron chi connectivity index (χ3n) is 2.51. The largest absolute Gasteiger partial charge is 0.449 e. The number of carbonyl (C=O) groups excluding carboxylic acids is 3. The summed E-state index contributed by atoms with van der Waals surface area (Å²) in [6, 6.07) is 3.37. The van der Waals surface area contributed by atoms with Crippen LogP contribution in [0.5, 0.6) is 0 Å². The van der Waals surface area contributed by atoms with Gasteiger partial charge in [-0.05, 0) is 25.1 Å². The van der Waals surface area contributed by atoms with Crippen molar-refractivity contribution in [2.24, 2.45) is 0 Å². The number of urea groups is 1. The number of ether oxygens (including phenoxy) is 1. The van der Waals surface area contributed by atoms with Crippen molar-refractivity contribution in [2.45, 2.75) is 13.0 Å². The first-order valence-electron chi connectivity index (χ1n) is 6.20. The molecule has 22 heavy (non-hydrogen) atoms. The Bertz CT molecular complexity index is 599. The molecule has 6 nitrogen and oxygen atoms in total. The maximum atomic E-state index is 13.5. The van der Waals surface area contributed by atoms with E-state index in [0.717, 1.165) is 12.2 Å². The number of hydrogen-bond donors (Lipinski definition) is 2. The molecule has 0 heterocycles. The van der Waals surface area contributed by atoms with E-state index in [1.807, 2.05) is 5.32 Å². The minimum atomic E-state index is -1.19.